The minimum absolute atomic E-state index is 0.0724. The number of carbonyl (C=O) groups excluding carboxylic acids is 4. The topological polar surface area (TPSA) is 275 Å². The highest BCUT2D eigenvalue weighted by molar-refractivity contribution is 7.16. The van der Waals surface area contributed by atoms with Crippen LogP contribution in [0, 0.1) is 127 Å². The van der Waals surface area contributed by atoms with Gasteiger partial charge in [-0.15, -0.1) is 86.1 Å². The molecule has 0 unspecified atom stereocenters. The van der Waals surface area contributed by atoms with E-state index in [1.165, 1.54) is 0 Å². The van der Waals surface area contributed by atoms with Gasteiger partial charge in [-0.25, -0.2) is 45.7 Å². The van der Waals surface area contributed by atoms with Gasteiger partial charge in [0.2, 0.25) is 26.2 Å². The first-order chi connectivity index (χ1) is 66.0. The summed E-state index contributed by atoms with van der Waals surface area (Å²) in [6.45, 7) is 88.0. The minimum Gasteiger partial charge on any atom is -0.311 e. The van der Waals surface area contributed by atoms with E-state index in [-0.39, 0.29) is 55.4 Å². The molecule has 13 aromatic rings. The van der Waals surface area contributed by atoms with E-state index in [0.717, 1.165) is 177 Å². The Kier molecular flexibility index (Phi) is 31.0. The molecule has 17 rings (SSSR count). The summed E-state index contributed by atoms with van der Waals surface area (Å²) in [4.78, 5) is 104. The monoisotopic (exact) mass is 1890 g/mol. The molecule has 8 aromatic heterocycles. The number of carbonyl (C=O) groups is 4. The molecule has 0 radical (unpaired) electrons. The third-order valence-electron chi connectivity index (χ3n) is 24.1. The van der Waals surface area contributed by atoms with E-state index < -0.39 is 24.2 Å². The van der Waals surface area contributed by atoms with Crippen LogP contribution in [0.25, 0.3) is 58.8 Å². The van der Waals surface area contributed by atoms with Crippen LogP contribution in [-0.2, 0) is 51.8 Å². The fourth-order valence-electron chi connectivity index (χ4n) is 16.9. The van der Waals surface area contributed by atoms with Gasteiger partial charge in [0, 0.05) is 73.6 Å². The minimum atomic E-state index is -0.516. The molecule has 12 heterocycles. The van der Waals surface area contributed by atoms with Crippen molar-refractivity contribution in [1.29, 1.82) is 0 Å². The van der Waals surface area contributed by atoms with E-state index in [2.05, 4.69) is 107 Å². The Hall–Kier alpha value is -15.3. The summed E-state index contributed by atoms with van der Waals surface area (Å²) < 4.78 is 8.00. The maximum Gasteiger partial charge on any atom is 0.249 e. The van der Waals surface area contributed by atoms with Gasteiger partial charge in [-0.05, 0) is 143 Å². The van der Waals surface area contributed by atoms with Gasteiger partial charge in [0.15, 0.2) is 46.0 Å². The molecule has 4 aliphatic rings. The number of Topliss-reactive ketones (excluding diaryl/α,β-unsaturated/α-hetero) is 4. The molecule has 0 saturated heterocycles. The number of aromatic nitrogens is 12. The van der Waals surface area contributed by atoms with Gasteiger partial charge < -0.3 is 19.4 Å². The van der Waals surface area contributed by atoms with Crippen LogP contribution in [0.2, 0.25) is 0 Å². The highest BCUT2D eigenvalue weighted by atomic mass is 32.1. The Morgan fingerprint density at radius 3 is 0.796 bits per heavy atom. The third-order valence-corrected chi connectivity index (χ3v) is 29.2. The van der Waals surface area contributed by atoms with Crippen molar-refractivity contribution in [1.82, 2.24) is 59.1 Å². The number of hydrogen-bond acceptors (Lipinski definition) is 20. The lowest BCUT2D eigenvalue weighted by Crippen LogP contribution is -2.13. The molecule has 0 N–H and O–H groups in total. The van der Waals surface area contributed by atoms with Crippen LogP contribution < -0.4 is 0 Å². The van der Waals surface area contributed by atoms with Crippen molar-refractivity contribution >= 4 is 114 Å². The van der Waals surface area contributed by atoms with Crippen LogP contribution in [0.3, 0.4) is 0 Å². The highest BCUT2D eigenvalue weighted by Crippen LogP contribution is 2.47. The lowest BCUT2D eigenvalue weighted by atomic mass is 9.98. The number of benzene rings is 5. The molecule has 0 amide bonds. The van der Waals surface area contributed by atoms with Crippen molar-refractivity contribution in [2.75, 3.05) is 0 Å². The van der Waals surface area contributed by atoms with Crippen molar-refractivity contribution < 1.29 is 19.2 Å². The zero-order valence-electron chi connectivity index (χ0n) is 78.6. The Balaban J connectivity index is 0.000000146. The van der Waals surface area contributed by atoms with Crippen molar-refractivity contribution in [3.05, 3.63) is 357 Å². The maximum atomic E-state index is 13.2. The van der Waals surface area contributed by atoms with Crippen LogP contribution >= 0.6 is 45.3 Å². The molecule has 5 aromatic carbocycles. The summed E-state index contributed by atoms with van der Waals surface area (Å²) in [6.07, 6.45) is 5.32. The van der Waals surface area contributed by atoms with Crippen LogP contribution in [0.1, 0.15) is 267 Å². The molecule has 32 heteroatoms. The SMILES string of the molecule is [C-]#[N+]Cc1sc2c(c1C)C(c1ccc([N+]#[C-])cc1)=N[C@@H](CC(=O)CCC(C)C)c1nnc(C)n1-2.[C-]#[N+]Cc1sc2c(c1C)C(c1ccc([N+]#[C-])cc1)=N[C@@H](CC(=O)CCC(C)C)c1nnc(C)n1-2.[C-]#[N+]Cc1sc2c(c1C)C(c1ccc([N+]#[C-])cc1)=N[C@@H](CC(=O)CCC)c1nnc(C)n1-2.[C-]#[N+]Cc1sc2c(c1C)C(c1ccc([N+]#[C-])cc1)=N[C@@H](CC(=O)Cc1ccc(C)cc1)c1nnc(C)n1-2. The van der Waals surface area contributed by atoms with Crippen LogP contribution in [-0.4, -0.2) is 105 Å². The summed E-state index contributed by atoms with van der Waals surface area (Å²) >= 11 is 6.22. The van der Waals surface area contributed by atoms with E-state index in [0.29, 0.717) is 109 Å². The first kappa shape index (κ1) is 97.8. The molecular weight excluding hydrogens is 1790 g/mol. The highest BCUT2D eigenvalue weighted by Gasteiger charge is 2.40. The summed E-state index contributed by atoms with van der Waals surface area (Å²) in [5.74, 6) is 6.93. The lowest BCUT2D eigenvalue weighted by Gasteiger charge is -2.13. The zero-order valence-corrected chi connectivity index (χ0v) is 81.9. The first-order valence-corrected chi connectivity index (χ1v) is 48.2. The summed E-state index contributed by atoms with van der Waals surface area (Å²) in [5, 5.41) is 38.7. The van der Waals surface area contributed by atoms with Crippen LogP contribution in [0.5, 0.6) is 0 Å². The Labute approximate surface area is 813 Å². The van der Waals surface area contributed by atoms with Gasteiger partial charge in [-0.2, -0.15) is 0 Å². The average Bonchev–Trinajstić information content (AvgIpc) is 1.60. The molecule has 686 valence electrons. The summed E-state index contributed by atoms with van der Waals surface area (Å²) in [5.41, 5.74) is 18.7. The smallest absolute Gasteiger partial charge is 0.249 e. The predicted octanol–water partition coefficient (Wildman–Crippen LogP) is 24.3. The van der Waals surface area contributed by atoms with E-state index in [1.807, 2.05) is 160 Å². The fourth-order valence-corrected chi connectivity index (χ4v) is 22.0. The largest absolute Gasteiger partial charge is 0.311 e. The molecule has 0 aliphatic carbocycles. The second-order valence-corrected chi connectivity index (χ2v) is 39.0. The number of fused-ring (bicyclic) bond motifs is 12. The summed E-state index contributed by atoms with van der Waals surface area (Å²) in [7, 11) is 0. The van der Waals surface area contributed by atoms with E-state index >= 15 is 0 Å². The van der Waals surface area contributed by atoms with Crippen molar-refractivity contribution in [3.8, 4) is 20.0 Å². The van der Waals surface area contributed by atoms with Gasteiger partial charge >= 0.3 is 0 Å². The van der Waals surface area contributed by atoms with Crippen molar-refractivity contribution in [2.24, 2.45) is 31.8 Å². The van der Waals surface area contributed by atoms with E-state index in [1.54, 1.807) is 93.9 Å². The molecule has 0 spiro atoms. The van der Waals surface area contributed by atoms with Crippen molar-refractivity contribution in [2.45, 2.75) is 218 Å². The third kappa shape index (κ3) is 21.1. The second-order valence-electron chi connectivity index (χ2n) is 34.7. The van der Waals surface area contributed by atoms with Gasteiger partial charge in [0.1, 0.15) is 90.6 Å². The number of aliphatic imine (C=N–C) groups is 4. The van der Waals surface area contributed by atoms with Crippen molar-refractivity contribution in [3.63, 3.8) is 0 Å². The molecule has 137 heavy (non-hydrogen) atoms. The molecule has 4 atom stereocenters. The van der Waals surface area contributed by atoms with E-state index in [9.17, 15) is 19.2 Å². The molecule has 0 bridgehead atoms. The number of hydrogen-bond donors (Lipinski definition) is 0. The quantitative estimate of drug-likeness (QED) is 0.0458. The fraction of sp³-hybridized carbons (Fsp3) is 0.333. The van der Waals surface area contributed by atoms with Gasteiger partial charge in [-0.3, -0.25) is 57.4 Å². The average molecular weight is 1890 g/mol. The van der Waals surface area contributed by atoms with Crippen LogP contribution in [0.4, 0.5) is 22.7 Å². The van der Waals surface area contributed by atoms with Gasteiger partial charge in [0.25, 0.3) is 0 Å². The lowest BCUT2D eigenvalue weighted by molar-refractivity contribution is -0.120. The molecule has 4 aliphatic heterocycles. The Bertz CT molecular complexity index is 7130. The van der Waals surface area contributed by atoms with Crippen LogP contribution in [0.15, 0.2) is 141 Å². The van der Waals surface area contributed by atoms with Gasteiger partial charge in [-0.1, -0.05) is 162 Å². The van der Waals surface area contributed by atoms with E-state index in [4.69, 9.17) is 72.5 Å². The number of rotatable bonds is 26. The standard InChI is InChI=1S/C29H24N6OS.2C26H26N6OS.C24H22N6OS/c1-17-6-8-20(9-7-17)14-23(36)15-24-28-34-33-19(3)35(28)29-26(18(2)25(37-29)16-30-4)27(32-24)21-10-12-22(31-5)13-11-21;2*1-15(2)7-12-20(33)13-21-25-31-30-17(4)32(25)26-23(16(3)22(34-26)14-27-5)24(29-21)18-8-10-19(28-6)11-9-18;1-6-7-18(31)12-19-23-29-28-15(3)30(23)24-21(14(2)20(32-24)13-25-4)22(27-19)16-8-10-17(26-5)11-9-16/h6-13,24H,14-16H2,1-3H3;2*8-11,15,21H,7,12-14H2,1-4H3;8-11,19H,6-7,12-13H2,1-3H3/t24-;2*21-;19-/m0000/s1. The molecule has 0 saturated carbocycles. The first-order valence-electron chi connectivity index (χ1n) is 44.9. The predicted molar refractivity (Wildman–Crippen MR) is 537 cm³/mol. The number of nitrogens with zero attached hydrogens (tertiary/aromatic N) is 24. The second kappa shape index (κ2) is 43.4. The molecule has 28 nitrogen and oxygen atoms in total. The Morgan fingerprint density at radius 1 is 0.328 bits per heavy atom. The number of aryl methyl sites for hydroxylation is 5. The molecular formula is C105H98N24O4S4. The maximum absolute atomic E-state index is 13.2. The molecule has 0 fully saturated rings. The Morgan fingerprint density at radius 2 is 0.569 bits per heavy atom. The van der Waals surface area contributed by atoms with Gasteiger partial charge in [0.05, 0.1) is 68.6 Å². The normalized spacial score (nSPS) is 14.4. The number of ketones is 4. The zero-order chi connectivity index (χ0) is 97.7. The summed E-state index contributed by atoms with van der Waals surface area (Å²) in [6, 6.07) is 35.5. The number of thiophene rings is 4.